The first-order valence-corrected chi connectivity index (χ1v) is 17.6. The van der Waals surface area contributed by atoms with Gasteiger partial charge < -0.3 is 14.8 Å². The summed E-state index contributed by atoms with van der Waals surface area (Å²) in [5.41, 5.74) is -1.36. The van der Waals surface area contributed by atoms with Crippen LogP contribution >= 0.6 is 0 Å². The number of likely N-dealkylation sites (tertiary alicyclic amines) is 1. The third kappa shape index (κ3) is 6.59. The minimum atomic E-state index is -3.87. The molecule has 1 aromatic carbocycles. The van der Waals surface area contributed by atoms with E-state index in [1.807, 2.05) is 32.0 Å². The van der Waals surface area contributed by atoms with E-state index >= 15 is 0 Å². The Morgan fingerprint density at radius 3 is 2.54 bits per heavy atom. The smallest absolute Gasteiger partial charge is 0.254 e. The number of nitrogens with one attached hydrogen (secondary N) is 3. The maximum absolute atomic E-state index is 14.0. The van der Waals surface area contributed by atoms with Crippen molar-refractivity contribution in [3.8, 4) is 11.6 Å². The van der Waals surface area contributed by atoms with Gasteiger partial charge >= 0.3 is 0 Å². The van der Waals surface area contributed by atoms with Gasteiger partial charge in [-0.15, -0.1) is 6.58 Å². The number of ether oxygens (including phenoxy) is 2. The number of sulfonamides is 1. The summed E-state index contributed by atoms with van der Waals surface area (Å²) < 4.78 is 39.8. The van der Waals surface area contributed by atoms with Gasteiger partial charge in [-0.25, -0.2) is 18.4 Å². The molecule has 1 aliphatic heterocycles. The summed E-state index contributed by atoms with van der Waals surface area (Å²) >= 11 is 0. The molecule has 0 bridgehead atoms. The molecule has 3 aliphatic rings. The molecule has 0 spiro atoms. The highest BCUT2D eigenvalue weighted by Gasteiger charge is 2.67. The molecule has 5 atom stereocenters. The molecule has 48 heavy (non-hydrogen) atoms. The highest BCUT2D eigenvalue weighted by molar-refractivity contribution is 7.91. The van der Waals surface area contributed by atoms with Gasteiger partial charge in [0.2, 0.25) is 27.7 Å². The lowest BCUT2D eigenvalue weighted by atomic mass is 10.0. The van der Waals surface area contributed by atoms with Crippen LogP contribution in [-0.4, -0.2) is 83.6 Å². The summed E-state index contributed by atoms with van der Waals surface area (Å²) in [6.45, 7) is 7.67. The van der Waals surface area contributed by atoms with Gasteiger partial charge in [0.15, 0.2) is 0 Å². The summed E-state index contributed by atoms with van der Waals surface area (Å²) in [4.78, 5) is 51.8. The molecular formula is C34H40N6O7S. The van der Waals surface area contributed by atoms with E-state index in [2.05, 4.69) is 31.9 Å². The molecule has 3 fully saturated rings. The summed E-state index contributed by atoms with van der Waals surface area (Å²) in [5, 5.41) is 6.61. The number of anilines is 1. The van der Waals surface area contributed by atoms with E-state index in [1.54, 1.807) is 54.7 Å². The lowest BCUT2D eigenvalue weighted by Crippen LogP contribution is -2.58. The van der Waals surface area contributed by atoms with Crippen LogP contribution < -0.4 is 24.8 Å². The Morgan fingerprint density at radius 1 is 1.10 bits per heavy atom. The Bertz CT molecular complexity index is 1830. The van der Waals surface area contributed by atoms with Crippen LogP contribution in [0.1, 0.15) is 39.5 Å². The zero-order chi connectivity index (χ0) is 34.2. The van der Waals surface area contributed by atoms with Crippen molar-refractivity contribution in [2.45, 2.75) is 68.5 Å². The third-order valence-corrected chi connectivity index (χ3v) is 11.1. The number of carbonyl (C=O) groups excluding carboxylic acids is 3. The van der Waals surface area contributed by atoms with Crippen LogP contribution in [0.4, 0.5) is 5.82 Å². The maximum Gasteiger partial charge on any atom is 0.254 e. The van der Waals surface area contributed by atoms with Crippen molar-refractivity contribution in [1.82, 2.24) is 24.9 Å². The van der Waals surface area contributed by atoms with E-state index in [4.69, 9.17) is 9.47 Å². The maximum atomic E-state index is 14.0. The Kier molecular flexibility index (Phi) is 9.14. The fourth-order valence-electron chi connectivity index (χ4n) is 6.46. The lowest BCUT2D eigenvalue weighted by molar-refractivity contribution is -0.136. The lowest BCUT2D eigenvalue weighted by Gasteiger charge is -2.32. The Morgan fingerprint density at radius 2 is 1.90 bits per heavy atom. The second-order valence-corrected chi connectivity index (χ2v) is 14.9. The van der Waals surface area contributed by atoms with Crippen molar-refractivity contribution in [3.63, 3.8) is 0 Å². The van der Waals surface area contributed by atoms with Crippen molar-refractivity contribution in [2.75, 3.05) is 19.0 Å². The normalized spacial score (nSPS) is 24.5. The predicted molar refractivity (Wildman–Crippen MR) is 179 cm³/mol. The number of imide groups is 1. The molecule has 3 amide bonds. The van der Waals surface area contributed by atoms with E-state index in [1.165, 1.54) is 0 Å². The van der Waals surface area contributed by atoms with Crippen LogP contribution in [0.3, 0.4) is 0 Å². The Hall–Kier alpha value is -4.56. The summed E-state index contributed by atoms with van der Waals surface area (Å²) in [6, 6.07) is 10.8. The van der Waals surface area contributed by atoms with E-state index < -0.39 is 62.6 Å². The van der Waals surface area contributed by atoms with E-state index in [-0.39, 0.29) is 25.3 Å². The average Bonchev–Trinajstić information content (AvgIpc) is 4.00. The number of fused-ring (bicyclic) bond motifs is 1. The van der Waals surface area contributed by atoms with Gasteiger partial charge in [-0.1, -0.05) is 26.0 Å². The fourth-order valence-corrected chi connectivity index (χ4v) is 7.82. The van der Waals surface area contributed by atoms with Crippen LogP contribution in [0.25, 0.3) is 10.8 Å². The topological polar surface area (TPSA) is 169 Å². The molecule has 3 N–H and O–H groups in total. The molecule has 254 valence electrons. The number of hydrogen-bond donors (Lipinski definition) is 3. The van der Waals surface area contributed by atoms with Crippen molar-refractivity contribution in [1.29, 1.82) is 0 Å². The summed E-state index contributed by atoms with van der Waals surface area (Å²) in [7, 11) is -2.29. The molecule has 14 heteroatoms. The Balaban J connectivity index is 1.29. The van der Waals surface area contributed by atoms with Crippen molar-refractivity contribution >= 4 is 44.3 Å². The molecule has 2 saturated carbocycles. The Labute approximate surface area is 279 Å². The number of rotatable bonds is 13. The van der Waals surface area contributed by atoms with Crippen molar-refractivity contribution in [3.05, 3.63) is 67.5 Å². The van der Waals surface area contributed by atoms with Crippen molar-refractivity contribution in [2.24, 2.45) is 11.8 Å². The van der Waals surface area contributed by atoms with Gasteiger partial charge in [0.1, 0.15) is 29.3 Å². The van der Waals surface area contributed by atoms with Gasteiger partial charge in [0.25, 0.3) is 5.91 Å². The van der Waals surface area contributed by atoms with Gasteiger partial charge in [-0.2, -0.15) is 0 Å². The van der Waals surface area contributed by atoms with Crippen LogP contribution in [0.15, 0.2) is 67.5 Å². The first kappa shape index (κ1) is 33.3. The quantitative estimate of drug-likeness (QED) is 0.228. The van der Waals surface area contributed by atoms with E-state index in [9.17, 15) is 22.8 Å². The van der Waals surface area contributed by atoms with Gasteiger partial charge in [-0.3, -0.25) is 29.3 Å². The minimum Gasteiger partial charge on any atom is -0.497 e. The molecule has 2 aliphatic carbocycles. The first-order chi connectivity index (χ1) is 23.0. The van der Waals surface area contributed by atoms with E-state index in [0.717, 1.165) is 10.8 Å². The number of nitrogens with zero attached hydrogens (tertiary/aromatic N) is 3. The highest BCUT2D eigenvalue weighted by Crippen LogP contribution is 2.53. The molecule has 3 aromatic rings. The predicted octanol–water partition coefficient (Wildman–Crippen LogP) is 2.79. The zero-order valence-electron chi connectivity index (χ0n) is 27.1. The fraction of sp³-hybridized carbons (Fsp3) is 0.441. The number of carbonyl (C=O) groups is 3. The largest absolute Gasteiger partial charge is 0.497 e. The number of amides is 3. The third-order valence-electron chi connectivity index (χ3n) is 9.32. The van der Waals surface area contributed by atoms with Crippen LogP contribution in [0.5, 0.6) is 11.6 Å². The van der Waals surface area contributed by atoms with Crippen LogP contribution in [0, 0.1) is 11.8 Å². The highest BCUT2D eigenvalue weighted by atomic mass is 32.2. The van der Waals surface area contributed by atoms with Crippen molar-refractivity contribution < 1.29 is 32.3 Å². The number of benzene rings is 1. The summed E-state index contributed by atoms with van der Waals surface area (Å²) in [6.07, 6.45) is 5.53. The molecule has 6 rings (SSSR count). The van der Waals surface area contributed by atoms with Crippen LogP contribution in [0.2, 0.25) is 0 Å². The van der Waals surface area contributed by atoms with Gasteiger partial charge in [0, 0.05) is 36.7 Å². The number of hydrogen-bond acceptors (Lipinski definition) is 11. The molecule has 1 saturated heterocycles. The minimum absolute atomic E-state index is 0.0987. The van der Waals surface area contributed by atoms with Gasteiger partial charge in [0.05, 0.1) is 18.4 Å². The molecule has 2 aromatic heterocycles. The van der Waals surface area contributed by atoms with E-state index in [0.29, 0.717) is 30.3 Å². The molecular weight excluding hydrogens is 636 g/mol. The molecule has 0 unspecified atom stereocenters. The first-order valence-electron chi connectivity index (χ1n) is 16.0. The zero-order valence-corrected chi connectivity index (χ0v) is 27.9. The number of pyridine rings is 2. The summed E-state index contributed by atoms with van der Waals surface area (Å²) in [5.74, 6) is -1.03. The monoisotopic (exact) mass is 676 g/mol. The SMILES string of the molecule is C=C[C@@H]1C[C@@]1(C(=O)NS(=O)(=O)C1CC1)N1C[C@H](Oc2nccc3cc(OC)ccc23)C[C@H]1C(=O)NC(=O)[C@@H](Nc1ccccn1)C(C)C. The molecule has 3 heterocycles. The molecule has 13 nitrogen and oxygen atoms in total. The average molecular weight is 677 g/mol. The second-order valence-electron chi connectivity index (χ2n) is 12.9. The number of aromatic nitrogens is 2. The standard InChI is InChI=1S/C34H40N6O7S/c1-5-22-18-34(22,33(43)39-48(44,45)25-10-11-25)40-19-24(47-32-26-12-9-23(46-4)16-21(26)13-15-36-32)17-27(40)30(41)38-31(42)29(20(2)3)37-28-8-6-7-14-35-28/h5-9,12-16,20,22,24-25,27,29H,1,10-11,17-19H2,2-4H3,(H,35,37)(H,39,43)(H,38,41,42)/t22-,24-,27+,29+,34-/m1/s1. The van der Waals surface area contributed by atoms with Gasteiger partial charge in [-0.05, 0) is 67.0 Å². The second kappa shape index (κ2) is 13.2. The number of methoxy groups -OCH3 is 1. The van der Waals surface area contributed by atoms with Crippen LogP contribution in [-0.2, 0) is 24.4 Å². The molecule has 0 radical (unpaired) electrons.